The van der Waals surface area contributed by atoms with Crippen molar-refractivity contribution in [2.45, 2.75) is 19.0 Å². The molecule has 2 aliphatic heterocycles. The minimum atomic E-state index is -0.302. The van der Waals surface area contributed by atoms with Gasteiger partial charge in [0, 0.05) is 56.3 Å². The van der Waals surface area contributed by atoms with Crippen LogP contribution in [0.4, 0.5) is 10.5 Å². The fraction of sp³-hybridized carbons (Fsp3) is 0.500. The summed E-state index contributed by atoms with van der Waals surface area (Å²) in [6.07, 6.45) is 4.19. The van der Waals surface area contributed by atoms with Crippen molar-refractivity contribution in [3.8, 4) is 0 Å². The van der Waals surface area contributed by atoms with Crippen LogP contribution in [-0.4, -0.2) is 72.6 Å². The van der Waals surface area contributed by atoms with Crippen LogP contribution in [0.1, 0.15) is 12.0 Å². The molecular weight excluding hydrogens is 398 g/mol. The molecule has 1 aromatic heterocycles. The molecule has 2 N–H and O–H groups in total. The summed E-state index contributed by atoms with van der Waals surface area (Å²) >= 11 is 0. The van der Waals surface area contributed by atoms with Gasteiger partial charge in [-0.1, -0.05) is 12.1 Å². The lowest BCUT2D eigenvalue weighted by Crippen LogP contribution is -2.52. The molecule has 2 fully saturated rings. The molecule has 4 rings (SSSR count). The van der Waals surface area contributed by atoms with Gasteiger partial charge in [-0.15, -0.1) is 0 Å². The maximum atomic E-state index is 12.6. The van der Waals surface area contributed by atoms with Crippen molar-refractivity contribution >= 4 is 11.7 Å². The fourth-order valence-corrected chi connectivity index (χ4v) is 4.18. The van der Waals surface area contributed by atoms with Crippen LogP contribution in [0.3, 0.4) is 0 Å². The van der Waals surface area contributed by atoms with Crippen molar-refractivity contribution in [1.82, 2.24) is 19.8 Å². The maximum Gasteiger partial charge on any atom is 0.347 e. The predicted octanol–water partition coefficient (Wildman–Crippen LogP) is 1.15. The van der Waals surface area contributed by atoms with E-state index in [1.165, 1.54) is 10.8 Å². The summed E-state index contributed by atoms with van der Waals surface area (Å²) < 4.78 is 12.6. The molecule has 3 heterocycles. The Bertz CT molecular complexity index is 922. The first-order chi connectivity index (χ1) is 15.2. The number of aromatic nitrogens is 2. The second-order valence-corrected chi connectivity index (χ2v) is 7.90. The van der Waals surface area contributed by atoms with Crippen molar-refractivity contribution in [2.75, 3.05) is 51.4 Å². The zero-order valence-electron chi connectivity index (χ0n) is 17.5. The minimum absolute atomic E-state index is 0.237. The van der Waals surface area contributed by atoms with Crippen LogP contribution in [0, 0.1) is 5.92 Å². The number of hydrogen-bond donors (Lipinski definition) is 2. The normalized spacial score (nSPS) is 20.3. The molecular formula is C22H29N5O4. The quantitative estimate of drug-likeness (QED) is 0.688. The van der Waals surface area contributed by atoms with Gasteiger partial charge in [-0.25, -0.2) is 14.6 Å². The SMILES string of the molecule is O=C(NC[C@H]([C@@H]1CCOC1)N1CCOCC1)Nc1cccc(Cn2cccnc2=O)c1. The molecule has 166 valence electrons. The van der Waals surface area contributed by atoms with E-state index in [0.29, 0.717) is 24.7 Å². The van der Waals surface area contributed by atoms with E-state index >= 15 is 0 Å². The molecule has 0 unspecified atom stereocenters. The van der Waals surface area contributed by atoms with E-state index in [2.05, 4.69) is 20.5 Å². The average Bonchev–Trinajstić information content (AvgIpc) is 3.31. The first-order valence-corrected chi connectivity index (χ1v) is 10.7. The van der Waals surface area contributed by atoms with E-state index in [1.807, 2.05) is 24.3 Å². The third-order valence-corrected chi connectivity index (χ3v) is 5.82. The lowest BCUT2D eigenvalue weighted by atomic mass is 9.97. The maximum absolute atomic E-state index is 12.6. The molecule has 0 saturated carbocycles. The van der Waals surface area contributed by atoms with Gasteiger partial charge in [-0.05, 0) is 30.2 Å². The van der Waals surface area contributed by atoms with Crippen LogP contribution in [0.25, 0.3) is 0 Å². The number of carbonyl (C=O) groups excluding carboxylic acids is 1. The van der Waals surface area contributed by atoms with Crippen LogP contribution in [0.2, 0.25) is 0 Å². The second-order valence-electron chi connectivity index (χ2n) is 7.90. The lowest BCUT2D eigenvalue weighted by Gasteiger charge is -2.37. The number of anilines is 1. The Morgan fingerprint density at radius 2 is 2.06 bits per heavy atom. The highest BCUT2D eigenvalue weighted by atomic mass is 16.5. The Hall–Kier alpha value is -2.75. The van der Waals surface area contributed by atoms with Gasteiger partial charge in [0.05, 0.1) is 26.4 Å². The Morgan fingerprint density at radius 1 is 1.19 bits per heavy atom. The number of rotatable bonds is 7. The molecule has 0 radical (unpaired) electrons. The predicted molar refractivity (Wildman–Crippen MR) is 116 cm³/mol. The Kier molecular flexibility index (Phi) is 7.29. The smallest absolute Gasteiger partial charge is 0.347 e. The number of hydrogen-bond acceptors (Lipinski definition) is 6. The lowest BCUT2D eigenvalue weighted by molar-refractivity contribution is 0.00222. The molecule has 0 aliphatic carbocycles. The molecule has 0 bridgehead atoms. The number of nitrogens with zero attached hydrogens (tertiary/aromatic N) is 3. The summed E-state index contributed by atoms with van der Waals surface area (Å²) in [7, 11) is 0. The monoisotopic (exact) mass is 427 g/mol. The number of morpholine rings is 1. The molecule has 2 aromatic rings. The van der Waals surface area contributed by atoms with E-state index in [0.717, 1.165) is 51.5 Å². The average molecular weight is 428 g/mol. The van der Waals surface area contributed by atoms with Crippen LogP contribution in [0.5, 0.6) is 0 Å². The van der Waals surface area contributed by atoms with Gasteiger partial charge < -0.3 is 20.1 Å². The van der Waals surface area contributed by atoms with Gasteiger partial charge in [0.2, 0.25) is 0 Å². The van der Waals surface area contributed by atoms with Crippen molar-refractivity contribution in [3.05, 3.63) is 58.8 Å². The summed E-state index contributed by atoms with van der Waals surface area (Å²) in [6.45, 7) is 5.67. The van der Waals surface area contributed by atoms with Crippen LogP contribution in [0.15, 0.2) is 47.5 Å². The fourth-order valence-electron chi connectivity index (χ4n) is 4.18. The number of carbonyl (C=O) groups is 1. The first kappa shape index (κ1) is 21.5. The first-order valence-electron chi connectivity index (χ1n) is 10.7. The molecule has 31 heavy (non-hydrogen) atoms. The number of ether oxygens (including phenoxy) is 2. The standard InChI is InChI=1S/C22H29N5O4/c28-21(24-14-20(18-5-10-31-16-18)26-8-11-30-12-9-26)25-19-4-1-3-17(13-19)15-27-7-2-6-23-22(27)29/h1-4,6-7,13,18,20H,5,8-12,14-16H2,(H2,24,25,28)/t18-,20-/m1/s1. The molecule has 2 atom stereocenters. The van der Waals surface area contributed by atoms with Crippen molar-refractivity contribution in [1.29, 1.82) is 0 Å². The van der Waals surface area contributed by atoms with Crippen LogP contribution < -0.4 is 16.3 Å². The van der Waals surface area contributed by atoms with Gasteiger partial charge in [0.25, 0.3) is 0 Å². The van der Waals surface area contributed by atoms with Gasteiger partial charge in [-0.3, -0.25) is 9.47 Å². The van der Waals surface area contributed by atoms with E-state index in [9.17, 15) is 9.59 Å². The number of amides is 2. The topological polar surface area (TPSA) is 97.7 Å². The highest BCUT2D eigenvalue weighted by Crippen LogP contribution is 2.22. The van der Waals surface area contributed by atoms with E-state index in [4.69, 9.17) is 9.47 Å². The van der Waals surface area contributed by atoms with E-state index in [1.54, 1.807) is 12.3 Å². The zero-order valence-corrected chi connectivity index (χ0v) is 17.5. The highest BCUT2D eigenvalue weighted by Gasteiger charge is 2.31. The van der Waals surface area contributed by atoms with Crippen LogP contribution in [-0.2, 0) is 16.0 Å². The summed E-state index contributed by atoms with van der Waals surface area (Å²) in [5, 5.41) is 5.93. The van der Waals surface area contributed by atoms with E-state index < -0.39 is 0 Å². The minimum Gasteiger partial charge on any atom is -0.381 e. The van der Waals surface area contributed by atoms with Gasteiger partial charge >= 0.3 is 11.7 Å². The molecule has 1 aromatic carbocycles. The molecule has 2 aliphatic rings. The number of benzene rings is 1. The van der Waals surface area contributed by atoms with Gasteiger partial charge in [0.15, 0.2) is 0 Å². The van der Waals surface area contributed by atoms with Gasteiger partial charge in [0.1, 0.15) is 0 Å². The Morgan fingerprint density at radius 3 is 2.84 bits per heavy atom. The zero-order chi connectivity index (χ0) is 21.5. The summed E-state index contributed by atoms with van der Waals surface area (Å²) in [5.41, 5.74) is 1.28. The second kappa shape index (κ2) is 10.5. The molecule has 2 amide bonds. The summed E-state index contributed by atoms with van der Waals surface area (Å²) in [4.78, 5) is 30.6. The molecule has 9 nitrogen and oxygen atoms in total. The molecule has 9 heteroatoms. The summed E-state index contributed by atoms with van der Waals surface area (Å²) in [6, 6.07) is 9.18. The van der Waals surface area contributed by atoms with Crippen molar-refractivity contribution < 1.29 is 14.3 Å². The van der Waals surface area contributed by atoms with Gasteiger partial charge in [-0.2, -0.15) is 0 Å². The number of nitrogens with one attached hydrogen (secondary N) is 2. The van der Waals surface area contributed by atoms with E-state index in [-0.39, 0.29) is 17.8 Å². The molecule has 2 saturated heterocycles. The Balaban J connectivity index is 1.34. The summed E-state index contributed by atoms with van der Waals surface area (Å²) in [5.74, 6) is 0.416. The third kappa shape index (κ3) is 5.90. The van der Waals surface area contributed by atoms with Crippen molar-refractivity contribution in [3.63, 3.8) is 0 Å². The molecule has 0 spiro atoms. The Labute approximate surface area is 181 Å². The van der Waals surface area contributed by atoms with Crippen molar-refractivity contribution in [2.24, 2.45) is 5.92 Å². The largest absolute Gasteiger partial charge is 0.381 e. The third-order valence-electron chi connectivity index (χ3n) is 5.82. The van der Waals surface area contributed by atoms with Crippen LogP contribution >= 0.6 is 0 Å². The number of urea groups is 1. The highest BCUT2D eigenvalue weighted by molar-refractivity contribution is 5.89.